The maximum absolute atomic E-state index is 5.56. The first kappa shape index (κ1) is 22.2. The zero-order chi connectivity index (χ0) is 21.5. The summed E-state index contributed by atoms with van der Waals surface area (Å²) in [6, 6.07) is 12.2. The molecule has 0 spiro atoms. The van der Waals surface area contributed by atoms with Crippen LogP contribution >= 0.6 is 12.2 Å². The SMILES string of the molecule is COc1ccc(/C(C)=N\NC(=S)Nc2cccc(C)c2C)cc1CN1CCOCC1. The molecule has 0 amide bonds. The van der Waals surface area contributed by atoms with E-state index < -0.39 is 0 Å². The summed E-state index contributed by atoms with van der Waals surface area (Å²) in [4.78, 5) is 2.37. The predicted molar refractivity (Wildman–Crippen MR) is 127 cm³/mol. The van der Waals surface area contributed by atoms with Crippen molar-refractivity contribution in [1.29, 1.82) is 0 Å². The molecule has 0 atom stereocenters. The lowest BCUT2D eigenvalue weighted by Crippen LogP contribution is -2.35. The van der Waals surface area contributed by atoms with Crippen molar-refractivity contribution in [3.05, 3.63) is 58.7 Å². The molecule has 1 aliphatic rings. The maximum Gasteiger partial charge on any atom is 0.191 e. The van der Waals surface area contributed by atoms with Crippen LogP contribution in [-0.4, -0.2) is 49.1 Å². The van der Waals surface area contributed by atoms with Crippen LogP contribution in [0.5, 0.6) is 5.75 Å². The fraction of sp³-hybridized carbons (Fsp3) is 0.391. The van der Waals surface area contributed by atoms with Gasteiger partial charge in [0.05, 0.1) is 26.0 Å². The Balaban J connectivity index is 1.68. The summed E-state index contributed by atoms with van der Waals surface area (Å²) < 4.78 is 11.0. The fourth-order valence-corrected chi connectivity index (χ4v) is 3.52. The van der Waals surface area contributed by atoms with E-state index in [2.05, 4.69) is 46.7 Å². The predicted octanol–water partition coefficient (Wildman–Crippen LogP) is 3.85. The molecule has 3 rings (SSSR count). The fourth-order valence-electron chi connectivity index (χ4n) is 3.36. The van der Waals surface area contributed by atoms with Crippen molar-refractivity contribution in [3.63, 3.8) is 0 Å². The van der Waals surface area contributed by atoms with Gasteiger partial charge < -0.3 is 14.8 Å². The smallest absolute Gasteiger partial charge is 0.191 e. The van der Waals surface area contributed by atoms with Gasteiger partial charge in [0.2, 0.25) is 0 Å². The van der Waals surface area contributed by atoms with Gasteiger partial charge in [0.25, 0.3) is 0 Å². The second-order valence-corrected chi connectivity index (χ2v) is 7.83. The summed E-state index contributed by atoms with van der Waals surface area (Å²) >= 11 is 5.41. The van der Waals surface area contributed by atoms with Gasteiger partial charge in [0.1, 0.15) is 5.75 Å². The summed E-state index contributed by atoms with van der Waals surface area (Å²) in [5, 5.41) is 8.15. The Morgan fingerprint density at radius 2 is 1.97 bits per heavy atom. The molecule has 0 aliphatic carbocycles. The summed E-state index contributed by atoms with van der Waals surface area (Å²) in [5.74, 6) is 0.887. The van der Waals surface area contributed by atoms with Crippen LogP contribution in [0.1, 0.15) is 29.2 Å². The number of nitrogens with zero attached hydrogens (tertiary/aromatic N) is 2. The first-order chi connectivity index (χ1) is 14.5. The van der Waals surface area contributed by atoms with E-state index in [-0.39, 0.29) is 0 Å². The Morgan fingerprint density at radius 3 is 2.70 bits per heavy atom. The van der Waals surface area contributed by atoms with Crippen molar-refractivity contribution < 1.29 is 9.47 Å². The third-order valence-corrected chi connectivity index (χ3v) is 5.57. The number of rotatable bonds is 6. The minimum atomic E-state index is 0.463. The van der Waals surface area contributed by atoms with E-state index in [0.29, 0.717) is 5.11 Å². The van der Waals surface area contributed by atoms with Gasteiger partial charge in [-0.1, -0.05) is 12.1 Å². The first-order valence-corrected chi connectivity index (χ1v) is 10.5. The lowest BCUT2D eigenvalue weighted by molar-refractivity contribution is 0.0339. The lowest BCUT2D eigenvalue weighted by Gasteiger charge is -2.27. The molecule has 2 aromatic rings. The summed E-state index contributed by atoms with van der Waals surface area (Å²) in [7, 11) is 1.71. The second-order valence-electron chi connectivity index (χ2n) is 7.43. The van der Waals surface area contributed by atoms with Gasteiger partial charge in [0, 0.05) is 30.9 Å². The van der Waals surface area contributed by atoms with Crippen LogP contribution < -0.4 is 15.5 Å². The number of methoxy groups -OCH3 is 1. The van der Waals surface area contributed by atoms with Gasteiger partial charge in [-0.2, -0.15) is 5.10 Å². The van der Waals surface area contributed by atoms with Gasteiger partial charge in [-0.15, -0.1) is 0 Å². The number of hydrogen-bond donors (Lipinski definition) is 2. The average molecular weight is 427 g/mol. The number of thiocarbonyl (C=S) groups is 1. The maximum atomic E-state index is 5.56. The minimum Gasteiger partial charge on any atom is -0.496 e. The lowest BCUT2D eigenvalue weighted by atomic mass is 10.1. The molecule has 0 bridgehead atoms. The van der Waals surface area contributed by atoms with Crippen LogP contribution in [0.25, 0.3) is 0 Å². The van der Waals surface area contributed by atoms with E-state index in [1.807, 2.05) is 31.2 Å². The van der Waals surface area contributed by atoms with Crippen molar-refractivity contribution in [1.82, 2.24) is 10.3 Å². The average Bonchev–Trinajstić information content (AvgIpc) is 2.76. The third kappa shape index (κ3) is 5.78. The van der Waals surface area contributed by atoms with Gasteiger partial charge in [-0.25, -0.2) is 0 Å². The van der Waals surface area contributed by atoms with E-state index >= 15 is 0 Å². The molecule has 1 saturated heterocycles. The number of nitrogens with one attached hydrogen (secondary N) is 2. The van der Waals surface area contributed by atoms with Crippen LogP contribution in [0, 0.1) is 13.8 Å². The number of morpholine rings is 1. The number of aryl methyl sites for hydroxylation is 1. The molecule has 0 unspecified atom stereocenters. The molecule has 6 nitrogen and oxygen atoms in total. The molecule has 1 heterocycles. The van der Waals surface area contributed by atoms with Crippen molar-refractivity contribution in [2.45, 2.75) is 27.3 Å². The normalized spacial score (nSPS) is 15.0. The minimum absolute atomic E-state index is 0.463. The third-order valence-electron chi connectivity index (χ3n) is 5.37. The summed E-state index contributed by atoms with van der Waals surface area (Å²) in [6.07, 6.45) is 0. The Kier molecular flexibility index (Phi) is 7.79. The summed E-state index contributed by atoms with van der Waals surface area (Å²) in [6.45, 7) is 10.4. The Morgan fingerprint density at radius 1 is 1.20 bits per heavy atom. The van der Waals surface area contributed by atoms with E-state index in [1.54, 1.807) is 7.11 Å². The van der Waals surface area contributed by atoms with Crippen LogP contribution in [0.3, 0.4) is 0 Å². The number of ether oxygens (including phenoxy) is 2. The highest BCUT2D eigenvalue weighted by molar-refractivity contribution is 7.80. The largest absolute Gasteiger partial charge is 0.496 e. The van der Waals surface area contributed by atoms with Gasteiger partial charge in [-0.3, -0.25) is 10.3 Å². The highest BCUT2D eigenvalue weighted by atomic mass is 32.1. The van der Waals surface area contributed by atoms with E-state index in [4.69, 9.17) is 21.7 Å². The monoisotopic (exact) mass is 426 g/mol. The Labute approximate surface area is 184 Å². The number of hydrazone groups is 1. The van der Waals surface area contributed by atoms with E-state index in [1.165, 1.54) is 11.1 Å². The molecule has 2 N–H and O–H groups in total. The van der Waals surface area contributed by atoms with Crippen LogP contribution in [0.4, 0.5) is 5.69 Å². The molecule has 0 aromatic heterocycles. The molecule has 1 aliphatic heterocycles. The number of benzene rings is 2. The standard InChI is InChI=1S/C23H30N4O2S/c1-16-6-5-7-21(17(16)2)24-23(30)26-25-18(3)19-8-9-22(28-4)20(14-19)15-27-10-12-29-13-11-27/h5-9,14H,10-13,15H2,1-4H3,(H2,24,26,30)/b25-18-. The summed E-state index contributed by atoms with van der Waals surface area (Å²) in [5.41, 5.74) is 9.35. The van der Waals surface area contributed by atoms with Crippen molar-refractivity contribution >= 4 is 28.7 Å². The van der Waals surface area contributed by atoms with Crippen molar-refractivity contribution in [2.75, 3.05) is 38.7 Å². The molecule has 1 fully saturated rings. The molecule has 2 aromatic carbocycles. The van der Waals surface area contributed by atoms with E-state index in [0.717, 1.165) is 61.1 Å². The zero-order valence-corrected chi connectivity index (χ0v) is 18.9. The first-order valence-electron chi connectivity index (χ1n) is 10.1. The molecule has 30 heavy (non-hydrogen) atoms. The number of hydrogen-bond acceptors (Lipinski definition) is 5. The molecule has 0 saturated carbocycles. The number of anilines is 1. The van der Waals surface area contributed by atoms with E-state index in [9.17, 15) is 0 Å². The highest BCUT2D eigenvalue weighted by Gasteiger charge is 2.14. The molecule has 7 heteroatoms. The molecule has 0 radical (unpaired) electrons. The quantitative estimate of drug-likeness (QED) is 0.416. The van der Waals surface area contributed by atoms with Crippen LogP contribution in [0.2, 0.25) is 0 Å². The van der Waals surface area contributed by atoms with Crippen LogP contribution in [-0.2, 0) is 11.3 Å². The topological polar surface area (TPSA) is 58.1 Å². The van der Waals surface area contributed by atoms with Gasteiger partial charge in [0.15, 0.2) is 5.11 Å². The second kappa shape index (κ2) is 10.5. The molecule has 160 valence electrons. The van der Waals surface area contributed by atoms with Crippen molar-refractivity contribution in [3.8, 4) is 5.75 Å². The molecular weight excluding hydrogens is 396 g/mol. The molecular formula is C23H30N4O2S. The van der Waals surface area contributed by atoms with Crippen molar-refractivity contribution in [2.24, 2.45) is 5.10 Å². The Bertz CT molecular complexity index is 923. The van der Waals surface area contributed by atoms with Gasteiger partial charge >= 0.3 is 0 Å². The zero-order valence-electron chi connectivity index (χ0n) is 18.1. The van der Waals surface area contributed by atoms with Gasteiger partial charge in [-0.05, 0) is 73.9 Å². The highest BCUT2D eigenvalue weighted by Crippen LogP contribution is 2.23. The van der Waals surface area contributed by atoms with Crippen LogP contribution in [0.15, 0.2) is 41.5 Å². The Hall–Kier alpha value is -2.48.